The quantitative estimate of drug-likeness (QED) is 0.623. The molecule has 4 nitrogen and oxygen atoms in total. The first-order valence-electron chi connectivity index (χ1n) is 7.61. The maximum Gasteiger partial charge on any atom is 0.0990 e. The zero-order chi connectivity index (χ0) is 14.7. The molecular weight excluding hydrogens is 380 g/mol. The third kappa shape index (κ3) is 5.06. The molecule has 7 heteroatoms. The van der Waals surface area contributed by atoms with Crippen molar-refractivity contribution in [1.29, 1.82) is 10.5 Å². The molecule has 0 radical (unpaired) electrons. The molecule has 0 unspecified atom stereocenters. The van der Waals surface area contributed by atoms with Crippen molar-refractivity contribution in [2.24, 2.45) is 34.5 Å². The lowest BCUT2D eigenvalue weighted by Gasteiger charge is -2.11. The standard InChI is InChI=1S/2C8H12N2.3CH4.3H2S/c2*1-8(2)5-4-10-6(3-9)7(5)8;;;;;;/h2*5-7,10H,4H2,1-2H3;3*1H4;3*1H2/t2*5-,6+,7-;;;;;;/m10....../s1. The first-order chi connectivity index (χ1) is 9.35. The molecule has 0 aromatic carbocycles. The molecule has 4 aliphatic rings. The highest BCUT2D eigenvalue weighted by Gasteiger charge is 2.65. The number of piperidine rings is 2. The summed E-state index contributed by atoms with van der Waals surface area (Å²) in [6.07, 6.45) is 0. The predicted molar refractivity (Wildman–Crippen MR) is 128 cm³/mol. The van der Waals surface area contributed by atoms with Crippen molar-refractivity contribution in [3.63, 3.8) is 0 Å². The second kappa shape index (κ2) is 11.1. The monoisotopic (exact) mass is 422 g/mol. The summed E-state index contributed by atoms with van der Waals surface area (Å²) in [6.45, 7) is 11.1. The summed E-state index contributed by atoms with van der Waals surface area (Å²) >= 11 is 0. The van der Waals surface area contributed by atoms with Crippen molar-refractivity contribution >= 4 is 40.5 Å². The zero-order valence-corrected chi connectivity index (χ0v) is 17.3. The first kappa shape index (κ1) is 33.5. The number of hydrogen-bond acceptors (Lipinski definition) is 4. The molecule has 2 heterocycles. The van der Waals surface area contributed by atoms with E-state index in [1.807, 2.05) is 0 Å². The molecular formula is C19H42N4S3. The maximum atomic E-state index is 8.68. The van der Waals surface area contributed by atoms with Gasteiger partial charge in [-0.3, -0.25) is 0 Å². The van der Waals surface area contributed by atoms with Crippen LogP contribution in [0.2, 0.25) is 0 Å². The van der Waals surface area contributed by atoms with Gasteiger partial charge in [0.2, 0.25) is 0 Å². The van der Waals surface area contributed by atoms with Gasteiger partial charge in [-0.2, -0.15) is 51.0 Å². The normalized spacial score (nSPS) is 36.8. The molecule has 0 bridgehead atoms. The summed E-state index contributed by atoms with van der Waals surface area (Å²) in [4.78, 5) is 0. The van der Waals surface area contributed by atoms with Crippen LogP contribution in [0.3, 0.4) is 0 Å². The highest BCUT2D eigenvalue weighted by molar-refractivity contribution is 7.59. The van der Waals surface area contributed by atoms with Crippen LogP contribution in [-0.2, 0) is 0 Å². The molecule has 0 aromatic heterocycles. The average molecular weight is 423 g/mol. The number of nitrogens with one attached hydrogen (secondary N) is 2. The Morgan fingerprint density at radius 2 is 0.962 bits per heavy atom. The van der Waals surface area contributed by atoms with Crippen LogP contribution < -0.4 is 10.6 Å². The number of nitrogens with zero attached hydrogens (tertiary/aromatic N) is 2. The van der Waals surface area contributed by atoms with Crippen LogP contribution in [0.5, 0.6) is 0 Å². The molecule has 2 aliphatic heterocycles. The molecule has 0 aromatic rings. The summed E-state index contributed by atoms with van der Waals surface area (Å²) < 4.78 is 0. The van der Waals surface area contributed by atoms with Gasteiger partial charge < -0.3 is 10.6 Å². The smallest absolute Gasteiger partial charge is 0.0990 e. The van der Waals surface area contributed by atoms with Crippen LogP contribution in [0.4, 0.5) is 0 Å². The molecule has 26 heavy (non-hydrogen) atoms. The fraction of sp³-hybridized carbons (Fsp3) is 0.895. The fourth-order valence-electron chi connectivity index (χ4n) is 4.69. The van der Waals surface area contributed by atoms with Crippen molar-refractivity contribution < 1.29 is 0 Å². The number of nitriles is 2. The zero-order valence-electron chi connectivity index (χ0n) is 14.3. The van der Waals surface area contributed by atoms with Gasteiger partial charge in [0.1, 0.15) is 0 Å². The number of rotatable bonds is 0. The van der Waals surface area contributed by atoms with E-state index in [9.17, 15) is 0 Å². The van der Waals surface area contributed by atoms with E-state index >= 15 is 0 Å². The van der Waals surface area contributed by atoms with Crippen LogP contribution in [0, 0.1) is 57.2 Å². The Hall–Kier alpha value is -0.0500. The van der Waals surface area contributed by atoms with Crippen molar-refractivity contribution in [1.82, 2.24) is 10.6 Å². The molecule has 4 rings (SSSR count). The Balaban J connectivity index is -0.000000151. The Bertz CT molecular complexity index is 464. The van der Waals surface area contributed by atoms with E-state index in [1.165, 1.54) is 0 Å². The minimum Gasteiger partial charge on any atom is -0.301 e. The third-order valence-electron chi connectivity index (χ3n) is 6.39. The highest BCUT2D eigenvalue weighted by atomic mass is 32.1. The van der Waals surface area contributed by atoms with E-state index in [-0.39, 0.29) is 74.9 Å². The van der Waals surface area contributed by atoms with E-state index in [4.69, 9.17) is 10.5 Å². The fourth-order valence-corrected chi connectivity index (χ4v) is 4.69. The van der Waals surface area contributed by atoms with E-state index in [0.717, 1.165) is 24.9 Å². The third-order valence-corrected chi connectivity index (χ3v) is 6.39. The van der Waals surface area contributed by atoms with Gasteiger partial charge in [-0.15, -0.1) is 0 Å². The number of fused-ring (bicyclic) bond motifs is 2. The van der Waals surface area contributed by atoms with E-state index < -0.39 is 0 Å². The average Bonchev–Trinajstić information content (AvgIpc) is 3.00. The largest absolute Gasteiger partial charge is 0.301 e. The molecule has 2 N–H and O–H groups in total. The lowest BCUT2D eigenvalue weighted by atomic mass is 10.0. The van der Waals surface area contributed by atoms with Gasteiger partial charge in [0, 0.05) is 13.1 Å². The Morgan fingerprint density at radius 3 is 1.08 bits per heavy atom. The minimum absolute atomic E-state index is 0. The summed E-state index contributed by atoms with van der Waals surface area (Å²) in [6, 6.07) is 4.88. The van der Waals surface area contributed by atoms with Crippen molar-refractivity contribution in [2.75, 3.05) is 13.1 Å². The SMILES string of the molecule is C.C.C.CC1(C)[C@@H]2[C@@H](C#N)NC[C@@H]21.CC1(C)[C@H]2[C@H](C#N)NC[C@H]21.S.S.S. The lowest BCUT2D eigenvalue weighted by Crippen LogP contribution is -2.28. The van der Waals surface area contributed by atoms with Crippen molar-refractivity contribution in [3.8, 4) is 12.1 Å². The maximum absolute atomic E-state index is 8.68. The summed E-state index contributed by atoms with van der Waals surface area (Å²) in [5.41, 5.74) is 0.900. The van der Waals surface area contributed by atoms with Crippen molar-refractivity contribution in [3.05, 3.63) is 0 Å². The highest BCUT2D eigenvalue weighted by Crippen LogP contribution is 2.62. The molecule has 0 amide bonds. The minimum atomic E-state index is 0. The summed E-state index contributed by atoms with van der Waals surface area (Å²) in [7, 11) is 0. The second-order valence-corrected chi connectivity index (χ2v) is 7.94. The first-order valence-corrected chi connectivity index (χ1v) is 7.61. The molecule has 0 spiro atoms. The molecule has 2 saturated carbocycles. The number of hydrogen-bond donors (Lipinski definition) is 2. The van der Waals surface area contributed by atoms with E-state index in [1.54, 1.807) is 0 Å². The summed E-state index contributed by atoms with van der Waals surface area (Å²) in [5, 5.41) is 23.8. The van der Waals surface area contributed by atoms with Crippen LogP contribution in [-0.4, -0.2) is 25.2 Å². The van der Waals surface area contributed by atoms with Gasteiger partial charge in [-0.1, -0.05) is 50.0 Å². The molecule has 6 atom stereocenters. The van der Waals surface area contributed by atoms with Crippen LogP contribution >= 0.6 is 40.5 Å². The molecule has 156 valence electrons. The van der Waals surface area contributed by atoms with Crippen LogP contribution in [0.1, 0.15) is 50.0 Å². The van der Waals surface area contributed by atoms with E-state index in [0.29, 0.717) is 22.7 Å². The predicted octanol–water partition coefficient (Wildman–Crippen LogP) is 3.75. The van der Waals surface area contributed by atoms with Crippen LogP contribution in [0.25, 0.3) is 0 Å². The molecule has 2 aliphatic carbocycles. The Kier molecular flexibility index (Phi) is 14.3. The summed E-state index contributed by atoms with van der Waals surface area (Å²) in [5.74, 6) is 2.82. The Morgan fingerprint density at radius 1 is 0.692 bits per heavy atom. The topological polar surface area (TPSA) is 71.6 Å². The second-order valence-electron chi connectivity index (χ2n) is 7.94. The van der Waals surface area contributed by atoms with Gasteiger partial charge in [-0.05, 0) is 34.5 Å². The van der Waals surface area contributed by atoms with E-state index in [2.05, 4.69) is 50.5 Å². The Labute approximate surface area is 183 Å². The van der Waals surface area contributed by atoms with Gasteiger partial charge >= 0.3 is 0 Å². The lowest BCUT2D eigenvalue weighted by molar-refractivity contribution is 0.442. The molecule has 2 saturated heterocycles. The van der Waals surface area contributed by atoms with Gasteiger partial charge in [-0.25, -0.2) is 0 Å². The van der Waals surface area contributed by atoms with Crippen molar-refractivity contribution in [2.45, 2.75) is 62.1 Å². The van der Waals surface area contributed by atoms with Crippen LogP contribution in [0.15, 0.2) is 0 Å². The van der Waals surface area contributed by atoms with Gasteiger partial charge in [0.25, 0.3) is 0 Å². The van der Waals surface area contributed by atoms with Gasteiger partial charge in [0.15, 0.2) is 0 Å². The molecule has 4 fully saturated rings. The van der Waals surface area contributed by atoms with Gasteiger partial charge in [0.05, 0.1) is 24.2 Å².